The van der Waals surface area contributed by atoms with Crippen molar-refractivity contribution >= 4 is 27.5 Å². The third kappa shape index (κ3) is 4.25. The second kappa shape index (κ2) is 7.21. The van der Waals surface area contributed by atoms with Crippen LogP contribution in [0, 0.1) is 0 Å². The van der Waals surface area contributed by atoms with Gasteiger partial charge in [-0.05, 0) is 35.9 Å². The molecule has 0 saturated carbocycles. The molecule has 2 aromatic rings. The molecule has 0 unspecified atom stereocenters. The minimum atomic E-state index is -3.91. The van der Waals surface area contributed by atoms with E-state index in [0.29, 0.717) is 11.6 Å². The molecule has 8 heteroatoms. The quantitative estimate of drug-likeness (QED) is 0.876. The summed E-state index contributed by atoms with van der Waals surface area (Å²) in [5.74, 6) is -0.109. The summed E-state index contributed by atoms with van der Waals surface area (Å²) in [5, 5.41) is 5.73. The van der Waals surface area contributed by atoms with Crippen molar-refractivity contribution in [2.75, 3.05) is 14.2 Å². The van der Waals surface area contributed by atoms with Crippen LogP contribution in [-0.2, 0) is 16.6 Å². The SMILES string of the molecule is COc1ccc(S(N)(=O)=O)cc1C(=O)N(C)Cc1ccc(Cl)cc1. The Bertz CT molecular complexity index is 851. The average Bonchev–Trinajstić information content (AvgIpc) is 2.54. The van der Waals surface area contributed by atoms with Crippen LogP contribution in [0.1, 0.15) is 15.9 Å². The number of carbonyl (C=O) groups is 1. The van der Waals surface area contributed by atoms with Crippen LogP contribution < -0.4 is 9.88 Å². The maximum atomic E-state index is 12.7. The minimum Gasteiger partial charge on any atom is -0.496 e. The second-order valence-electron chi connectivity index (χ2n) is 5.19. The molecule has 1 amide bonds. The molecule has 0 radical (unpaired) electrons. The molecule has 0 heterocycles. The van der Waals surface area contributed by atoms with Gasteiger partial charge in [0, 0.05) is 18.6 Å². The van der Waals surface area contributed by atoms with Gasteiger partial charge in [-0.1, -0.05) is 23.7 Å². The monoisotopic (exact) mass is 368 g/mol. The van der Waals surface area contributed by atoms with Gasteiger partial charge in [-0.15, -0.1) is 0 Å². The van der Waals surface area contributed by atoms with E-state index in [1.807, 2.05) is 12.1 Å². The van der Waals surface area contributed by atoms with Crippen LogP contribution in [0.25, 0.3) is 0 Å². The van der Waals surface area contributed by atoms with Crippen LogP contribution in [0.2, 0.25) is 5.02 Å². The maximum Gasteiger partial charge on any atom is 0.257 e. The first kappa shape index (κ1) is 18.3. The Morgan fingerprint density at radius 1 is 1.21 bits per heavy atom. The zero-order chi connectivity index (χ0) is 17.9. The van der Waals surface area contributed by atoms with Crippen molar-refractivity contribution in [3.63, 3.8) is 0 Å². The Hall–Kier alpha value is -2.09. The van der Waals surface area contributed by atoms with Gasteiger partial charge in [0.2, 0.25) is 10.0 Å². The third-order valence-electron chi connectivity index (χ3n) is 3.41. The van der Waals surface area contributed by atoms with Crippen molar-refractivity contribution in [3.05, 3.63) is 58.6 Å². The van der Waals surface area contributed by atoms with Crippen molar-refractivity contribution in [1.82, 2.24) is 4.90 Å². The van der Waals surface area contributed by atoms with Gasteiger partial charge in [-0.2, -0.15) is 0 Å². The molecule has 0 aliphatic rings. The van der Waals surface area contributed by atoms with E-state index in [0.717, 1.165) is 5.56 Å². The molecule has 0 atom stereocenters. The number of primary sulfonamides is 1. The lowest BCUT2D eigenvalue weighted by atomic mass is 10.1. The summed E-state index contributed by atoms with van der Waals surface area (Å²) >= 11 is 5.84. The first-order valence-corrected chi connectivity index (χ1v) is 8.85. The van der Waals surface area contributed by atoms with E-state index in [2.05, 4.69) is 0 Å². The van der Waals surface area contributed by atoms with Gasteiger partial charge in [0.25, 0.3) is 5.91 Å². The Morgan fingerprint density at radius 2 is 1.83 bits per heavy atom. The Labute approximate surface area is 145 Å². The molecule has 0 spiro atoms. The molecule has 24 heavy (non-hydrogen) atoms. The number of ether oxygens (including phenoxy) is 1. The number of hydrogen-bond acceptors (Lipinski definition) is 4. The van der Waals surface area contributed by atoms with Gasteiger partial charge in [-0.25, -0.2) is 13.6 Å². The molecule has 0 fully saturated rings. The summed E-state index contributed by atoms with van der Waals surface area (Å²) in [6.45, 7) is 0.332. The summed E-state index contributed by atoms with van der Waals surface area (Å²) in [5.41, 5.74) is 1.01. The van der Waals surface area contributed by atoms with Gasteiger partial charge in [0.15, 0.2) is 0 Å². The average molecular weight is 369 g/mol. The van der Waals surface area contributed by atoms with Gasteiger partial charge in [0.1, 0.15) is 5.75 Å². The second-order valence-corrected chi connectivity index (χ2v) is 7.19. The zero-order valence-corrected chi connectivity index (χ0v) is 14.8. The third-order valence-corrected chi connectivity index (χ3v) is 4.57. The number of rotatable bonds is 5. The maximum absolute atomic E-state index is 12.7. The molecule has 2 N–H and O–H groups in total. The van der Waals surface area contributed by atoms with Crippen molar-refractivity contribution in [2.45, 2.75) is 11.4 Å². The lowest BCUT2D eigenvalue weighted by Gasteiger charge is -2.19. The van der Waals surface area contributed by atoms with E-state index in [1.54, 1.807) is 19.2 Å². The lowest BCUT2D eigenvalue weighted by molar-refractivity contribution is 0.0781. The van der Waals surface area contributed by atoms with E-state index < -0.39 is 10.0 Å². The van der Waals surface area contributed by atoms with Crippen molar-refractivity contribution in [1.29, 1.82) is 0 Å². The zero-order valence-electron chi connectivity index (χ0n) is 13.2. The van der Waals surface area contributed by atoms with Crippen LogP contribution in [0.5, 0.6) is 5.75 Å². The predicted octanol–water partition coefficient (Wildman–Crippen LogP) is 2.27. The highest BCUT2D eigenvalue weighted by Crippen LogP contribution is 2.24. The number of hydrogen-bond donors (Lipinski definition) is 1. The number of carbonyl (C=O) groups excluding carboxylic acids is 1. The molecule has 2 aromatic carbocycles. The van der Waals surface area contributed by atoms with Gasteiger partial charge in [-0.3, -0.25) is 4.79 Å². The van der Waals surface area contributed by atoms with E-state index in [-0.39, 0.29) is 22.1 Å². The van der Waals surface area contributed by atoms with Gasteiger partial charge >= 0.3 is 0 Å². The van der Waals surface area contributed by atoms with Gasteiger partial charge < -0.3 is 9.64 Å². The molecular weight excluding hydrogens is 352 g/mol. The Morgan fingerprint density at radius 3 is 2.38 bits per heavy atom. The molecule has 0 aromatic heterocycles. The molecular formula is C16H17ClN2O4S. The Kier molecular flexibility index (Phi) is 5.48. The first-order chi connectivity index (χ1) is 11.2. The summed E-state index contributed by atoms with van der Waals surface area (Å²) in [4.78, 5) is 14.0. The van der Waals surface area contributed by atoms with Crippen LogP contribution in [0.4, 0.5) is 0 Å². The van der Waals surface area contributed by atoms with Crippen LogP contribution in [0.15, 0.2) is 47.4 Å². The van der Waals surface area contributed by atoms with Crippen LogP contribution in [-0.4, -0.2) is 33.4 Å². The van der Waals surface area contributed by atoms with Crippen molar-refractivity contribution in [3.8, 4) is 5.75 Å². The highest BCUT2D eigenvalue weighted by Gasteiger charge is 2.20. The highest BCUT2D eigenvalue weighted by molar-refractivity contribution is 7.89. The van der Waals surface area contributed by atoms with E-state index in [4.69, 9.17) is 21.5 Å². The summed E-state index contributed by atoms with van der Waals surface area (Å²) < 4.78 is 28.1. The number of nitrogens with two attached hydrogens (primary N) is 1. The minimum absolute atomic E-state index is 0.125. The number of amides is 1. The summed E-state index contributed by atoms with van der Waals surface area (Å²) in [6, 6.07) is 11.0. The number of benzene rings is 2. The smallest absolute Gasteiger partial charge is 0.257 e. The topological polar surface area (TPSA) is 89.7 Å². The fourth-order valence-electron chi connectivity index (χ4n) is 2.17. The lowest BCUT2D eigenvalue weighted by Crippen LogP contribution is -2.27. The molecule has 0 saturated heterocycles. The summed E-state index contributed by atoms with van der Waals surface area (Å²) in [7, 11) is -0.898. The van der Waals surface area contributed by atoms with Crippen molar-refractivity contribution in [2.24, 2.45) is 5.14 Å². The number of methoxy groups -OCH3 is 1. The molecule has 2 rings (SSSR count). The molecule has 0 aliphatic heterocycles. The van der Waals surface area contributed by atoms with E-state index in [9.17, 15) is 13.2 Å². The molecule has 128 valence electrons. The fraction of sp³-hybridized carbons (Fsp3) is 0.188. The predicted molar refractivity (Wildman–Crippen MR) is 91.6 cm³/mol. The molecule has 0 bridgehead atoms. The standard InChI is InChI=1S/C16H17ClN2O4S/c1-19(10-11-3-5-12(17)6-4-11)16(20)14-9-13(24(18,21)22)7-8-15(14)23-2/h3-9H,10H2,1-2H3,(H2,18,21,22). The summed E-state index contributed by atoms with van der Waals surface area (Å²) in [6.07, 6.45) is 0. The van der Waals surface area contributed by atoms with Crippen LogP contribution >= 0.6 is 11.6 Å². The van der Waals surface area contributed by atoms with Gasteiger partial charge in [0.05, 0.1) is 17.6 Å². The van der Waals surface area contributed by atoms with Crippen molar-refractivity contribution < 1.29 is 17.9 Å². The largest absolute Gasteiger partial charge is 0.496 e. The highest BCUT2D eigenvalue weighted by atomic mass is 35.5. The fourth-order valence-corrected chi connectivity index (χ4v) is 2.84. The normalized spacial score (nSPS) is 11.2. The number of halogens is 1. The van der Waals surface area contributed by atoms with E-state index >= 15 is 0 Å². The van der Waals surface area contributed by atoms with Crippen LogP contribution in [0.3, 0.4) is 0 Å². The molecule has 0 aliphatic carbocycles. The first-order valence-electron chi connectivity index (χ1n) is 6.93. The molecule has 6 nitrogen and oxygen atoms in total. The number of sulfonamides is 1. The Balaban J connectivity index is 2.31. The number of nitrogens with zero attached hydrogens (tertiary/aromatic N) is 1. The van der Waals surface area contributed by atoms with E-state index in [1.165, 1.54) is 30.2 Å².